The fourth-order valence-corrected chi connectivity index (χ4v) is 3.22. The van der Waals surface area contributed by atoms with Crippen LogP contribution >= 0.6 is 0 Å². The van der Waals surface area contributed by atoms with Gasteiger partial charge in [-0.1, -0.05) is 12.1 Å². The van der Waals surface area contributed by atoms with E-state index in [1.807, 2.05) is 0 Å². The zero-order valence-corrected chi connectivity index (χ0v) is 13.9. The zero-order chi connectivity index (χ0) is 14.4. The van der Waals surface area contributed by atoms with E-state index in [1.54, 1.807) is 0 Å². The van der Waals surface area contributed by atoms with Crippen LogP contribution in [0.3, 0.4) is 0 Å². The van der Waals surface area contributed by atoms with Gasteiger partial charge in [0.2, 0.25) is 0 Å². The number of benzene rings is 2. The first-order valence-corrected chi connectivity index (χ1v) is 7.76. The molecule has 102 valence electrons. The summed E-state index contributed by atoms with van der Waals surface area (Å²) in [6.07, 6.45) is 0. The summed E-state index contributed by atoms with van der Waals surface area (Å²) in [7, 11) is -9.11. The molecule has 0 heterocycles. The predicted molar refractivity (Wildman–Crippen MR) is 69.1 cm³/mol. The number of hydrogen-bond donors (Lipinski definition) is 3. The molecule has 20 heavy (non-hydrogen) atoms. The van der Waals surface area contributed by atoms with E-state index in [9.17, 15) is 16.8 Å². The van der Waals surface area contributed by atoms with Gasteiger partial charge in [0.1, 0.15) is 9.79 Å². The molecule has 10 heteroatoms. The van der Waals surface area contributed by atoms with Crippen LogP contribution in [0, 0.1) is 0 Å². The van der Waals surface area contributed by atoms with Crippen molar-refractivity contribution in [2.24, 2.45) is 0 Å². The third-order valence-corrected chi connectivity index (χ3v) is 4.30. The first-order chi connectivity index (χ1) is 8.60. The standard InChI is InChI=1S/C10H9NO6S2.Na/c11-6-4-8-7(10(5-6)19(15,16)17)2-1-3-9(8)18(12,13)14;/h1-5H,11H2,(H,12,13,14)(H,15,16,17);/q;+1/p+1. The monoisotopic (exact) mass is 327 g/mol. The van der Waals surface area contributed by atoms with Gasteiger partial charge in [0.05, 0.1) is 0 Å². The van der Waals surface area contributed by atoms with Gasteiger partial charge >= 0.3 is 31.0 Å². The Morgan fingerprint density at radius 1 is 0.900 bits per heavy atom. The molecule has 2 aromatic rings. The molecule has 0 aliphatic rings. The quantitative estimate of drug-likeness (QED) is 0.331. The largest absolute Gasteiger partial charge is 1.00 e. The third kappa shape index (κ3) is 3.31. The Hall–Kier alpha value is -0.680. The number of anilines is 1. The second kappa shape index (κ2) is 5.60. The van der Waals surface area contributed by atoms with Crippen molar-refractivity contribution < 1.29 is 56.9 Å². The predicted octanol–water partition coefficient (Wildman–Crippen LogP) is -1.97. The van der Waals surface area contributed by atoms with Crippen molar-refractivity contribution >= 4 is 36.7 Å². The molecule has 0 aromatic heterocycles. The second-order valence-electron chi connectivity index (χ2n) is 3.82. The molecule has 0 bridgehead atoms. The Labute approximate surface area is 139 Å². The molecule has 0 amide bonds. The van der Waals surface area contributed by atoms with Crippen molar-refractivity contribution in [3.8, 4) is 0 Å². The number of nitrogen functional groups attached to an aromatic ring is 1. The minimum Gasteiger partial charge on any atom is -0.399 e. The number of rotatable bonds is 2. The van der Waals surface area contributed by atoms with Crippen LogP contribution < -0.4 is 35.3 Å². The average molecular weight is 327 g/mol. The van der Waals surface area contributed by atoms with Gasteiger partial charge in [0, 0.05) is 16.5 Å². The zero-order valence-electron chi connectivity index (χ0n) is 11.3. The van der Waals surface area contributed by atoms with Crippen LogP contribution in [-0.2, 0) is 20.2 Å². The molecular weight excluding hydrogens is 317 g/mol. The third-order valence-electron chi connectivity index (χ3n) is 2.50. The van der Waals surface area contributed by atoms with E-state index in [1.165, 1.54) is 18.2 Å². The Morgan fingerprint density at radius 2 is 1.45 bits per heavy atom. The average Bonchev–Trinajstić information content (AvgIpc) is 2.24. The maximum absolute atomic E-state index is 11.2. The normalized spacial score (nSPS) is 12.1. The summed E-state index contributed by atoms with van der Waals surface area (Å²) >= 11 is 0. The fraction of sp³-hybridized carbons (Fsp3) is 0. The van der Waals surface area contributed by atoms with Crippen molar-refractivity contribution in [1.29, 1.82) is 0 Å². The molecule has 0 saturated carbocycles. The van der Waals surface area contributed by atoms with Crippen LogP contribution in [0.1, 0.15) is 1.43 Å². The summed E-state index contributed by atoms with van der Waals surface area (Å²) in [6, 6.07) is 5.85. The molecule has 0 atom stereocenters. The molecule has 7 nitrogen and oxygen atoms in total. The van der Waals surface area contributed by atoms with Gasteiger partial charge in [-0.15, -0.1) is 0 Å². The van der Waals surface area contributed by atoms with Crippen molar-refractivity contribution in [2.45, 2.75) is 9.79 Å². The van der Waals surface area contributed by atoms with Crippen molar-refractivity contribution in [1.82, 2.24) is 0 Å². The van der Waals surface area contributed by atoms with Gasteiger partial charge < -0.3 is 5.73 Å². The number of fused-ring (bicyclic) bond motifs is 1. The Kier molecular flexibility index (Phi) is 4.87. The van der Waals surface area contributed by atoms with Gasteiger partial charge in [-0.05, 0) is 18.2 Å². The van der Waals surface area contributed by atoms with E-state index in [0.29, 0.717) is 0 Å². The molecule has 0 aliphatic carbocycles. The molecule has 2 rings (SSSR count). The number of nitrogens with two attached hydrogens (primary N) is 1. The van der Waals surface area contributed by atoms with E-state index in [-0.39, 0.29) is 47.4 Å². The van der Waals surface area contributed by atoms with Crippen LogP contribution in [-0.4, -0.2) is 25.9 Å². The summed E-state index contributed by atoms with van der Waals surface area (Å²) in [5.74, 6) is 0. The molecule has 0 fully saturated rings. The van der Waals surface area contributed by atoms with Crippen molar-refractivity contribution in [3.63, 3.8) is 0 Å². The van der Waals surface area contributed by atoms with Gasteiger partial charge in [0.15, 0.2) is 0 Å². The van der Waals surface area contributed by atoms with Crippen molar-refractivity contribution in [2.75, 3.05) is 5.73 Å². The summed E-state index contributed by atoms with van der Waals surface area (Å²) in [4.78, 5) is -1.00. The molecule has 4 N–H and O–H groups in total. The van der Waals surface area contributed by atoms with E-state index < -0.39 is 30.0 Å². The summed E-state index contributed by atoms with van der Waals surface area (Å²) in [5, 5.41) is -0.135. The Balaban J connectivity index is 0.00000200. The minimum absolute atomic E-state index is 0. The fourth-order valence-electron chi connectivity index (χ4n) is 1.78. The van der Waals surface area contributed by atoms with Crippen molar-refractivity contribution in [3.05, 3.63) is 30.3 Å². The van der Waals surface area contributed by atoms with Crippen LogP contribution in [0.5, 0.6) is 0 Å². The topological polar surface area (TPSA) is 135 Å². The number of hydrogen-bond acceptors (Lipinski definition) is 5. The molecule has 0 aliphatic heterocycles. The molecule has 0 unspecified atom stereocenters. The SMILES string of the molecule is Nc1cc(S(=O)(=O)O)c2cccc(S(=O)(=O)O)c2c1.[H+].[Na+]. The van der Waals surface area contributed by atoms with E-state index in [4.69, 9.17) is 14.8 Å². The van der Waals surface area contributed by atoms with Gasteiger partial charge in [-0.3, -0.25) is 9.11 Å². The van der Waals surface area contributed by atoms with Gasteiger partial charge in [0.25, 0.3) is 20.2 Å². The summed E-state index contributed by atoms with van der Waals surface area (Å²) in [5.41, 5.74) is 5.42. The van der Waals surface area contributed by atoms with E-state index in [0.717, 1.165) is 12.1 Å². The first-order valence-electron chi connectivity index (χ1n) is 4.88. The van der Waals surface area contributed by atoms with E-state index >= 15 is 0 Å². The minimum atomic E-state index is -4.57. The maximum atomic E-state index is 11.2. The molecular formula is C10H10NNaO6S2+2. The van der Waals surface area contributed by atoms with Crippen LogP contribution in [0.4, 0.5) is 5.69 Å². The smallest absolute Gasteiger partial charge is 0.399 e. The molecule has 0 spiro atoms. The summed E-state index contributed by atoms with van der Waals surface area (Å²) < 4.78 is 63.1. The maximum Gasteiger partial charge on any atom is 1.00 e. The van der Waals surface area contributed by atoms with Crippen LogP contribution in [0.2, 0.25) is 0 Å². The molecule has 0 saturated heterocycles. The second-order valence-corrected chi connectivity index (χ2v) is 6.60. The molecule has 2 aromatic carbocycles. The first kappa shape index (κ1) is 17.4. The van der Waals surface area contributed by atoms with Crippen LogP contribution in [0.25, 0.3) is 10.8 Å². The molecule has 0 radical (unpaired) electrons. The summed E-state index contributed by atoms with van der Waals surface area (Å²) in [6.45, 7) is 0. The Morgan fingerprint density at radius 3 is 1.95 bits per heavy atom. The Bertz CT molecular complexity index is 882. The van der Waals surface area contributed by atoms with Gasteiger partial charge in [-0.2, -0.15) is 16.8 Å². The van der Waals surface area contributed by atoms with Gasteiger partial charge in [-0.25, -0.2) is 0 Å². The van der Waals surface area contributed by atoms with Crippen LogP contribution in [0.15, 0.2) is 40.1 Å². The van der Waals surface area contributed by atoms with E-state index in [2.05, 4.69) is 0 Å².